The number of imide groups is 1. The van der Waals surface area contributed by atoms with Crippen molar-refractivity contribution in [3.8, 4) is 0 Å². The minimum atomic E-state index is -0.664. The third-order valence-electron chi connectivity index (χ3n) is 9.90. The Kier molecular flexibility index (Phi) is 11.6. The lowest BCUT2D eigenvalue weighted by molar-refractivity contribution is -0.119. The van der Waals surface area contributed by atoms with Crippen molar-refractivity contribution in [2.75, 3.05) is 95.2 Å². The van der Waals surface area contributed by atoms with Gasteiger partial charge in [-0.3, -0.25) is 14.5 Å². The number of benzene rings is 3. The highest BCUT2D eigenvalue weighted by Gasteiger charge is 2.42. The number of ether oxygens (including phenoxy) is 2. The summed E-state index contributed by atoms with van der Waals surface area (Å²) in [4.78, 5) is 77.7. The summed E-state index contributed by atoms with van der Waals surface area (Å²) in [5, 5.41) is 3.44. The summed E-state index contributed by atoms with van der Waals surface area (Å²) in [6.07, 6.45) is -0.467. The van der Waals surface area contributed by atoms with Gasteiger partial charge in [-0.2, -0.15) is 0 Å². The van der Waals surface area contributed by atoms with Crippen LogP contribution in [0.3, 0.4) is 0 Å². The maximum Gasteiger partial charge on any atom is 0.410 e. The average molecular weight is 752 g/mol. The largest absolute Gasteiger partial charge is 0.465 e. The summed E-state index contributed by atoms with van der Waals surface area (Å²) in [5.74, 6) is -1.19. The zero-order valence-corrected chi connectivity index (χ0v) is 32.3. The zero-order chi connectivity index (χ0) is 39.4. The molecular formula is C41H49N7O7. The molecule has 2 fully saturated rings. The maximum absolute atomic E-state index is 14.7. The van der Waals surface area contributed by atoms with Gasteiger partial charge in [-0.05, 0) is 69.8 Å². The number of methoxy groups -OCH3 is 1. The van der Waals surface area contributed by atoms with E-state index in [9.17, 15) is 24.0 Å². The SMILES string of the molecule is COC(=O)c1ccc2c(c1)N(C(=O)N1CCN(C(=O)OC(C)(C)C)CC1)C(=O)/C2=C(\Nc1ccc(N(C)C(=O)CN2CCN(C)CC2)cc1)c1ccccc1. The predicted octanol–water partition coefficient (Wildman–Crippen LogP) is 4.68. The van der Waals surface area contributed by atoms with Gasteiger partial charge in [0.05, 0.1) is 36.2 Å². The van der Waals surface area contributed by atoms with E-state index in [2.05, 4.69) is 22.2 Å². The third kappa shape index (κ3) is 8.82. The van der Waals surface area contributed by atoms with Gasteiger partial charge in [0.15, 0.2) is 0 Å². The lowest BCUT2D eigenvalue weighted by atomic mass is 9.99. The molecule has 3 aliphatic rings. The summed E-state index contributed by atoms with van der Waals surface area (Å²) in [5.41, 5.74) is 2.97. The van der Waals surface area contributed by atoms with Crippen molar-refractivity contribution < 1.29 is 33.4 Å². The molecule has 14 heteroatoms. The van der Waals surface area contributed by atoms with Crippen LogP contribution in [0.25, 0.3) is 11.3 Å². The van der Waals surface area contributed by atoms with Gasteiger partial charge in [0, 0.05) is 76.3 Å². The second-order valence-corrected chi connectivity index (χ2v) is 14.9. The number of likely N-dealkylation sites (N-methyl/N-ethyl adjacent to an activating group) is 2. The third-order valence-corrected chi connectivity index (χ3v) is 9.90. The Morgan fingerprint density at radius 1 is 0.800 bits per heavy atom. The number of nitrogens with zero attached hydrogens (tertiary/aromatic N) is 6. The number of hydrogen-bond acceptors (Lipinski definition) is 10. The molecule has 0 spiro atoms. The molecule has 3 heterocycles. The van der Waals surface area contributed by atoms with Crippen molar-refractivity contribution in [2.24, 2.45) is 0 Å². The first-order chi connectivity index (χ1) is 26.2. The molecule has 0 saturated carbocycles. The monoisotopic (exact) mass is 751 g/mol. The first kappa shape index (κ1) is 39.0. The van der Waals surface area contributed by atoms with Crippen LogP contribution in [0.4, 0.5) is 26.7 Å². The number of amides is 5. The van der Waals surface area contributed by atoms with Crippen molar-refractivity contribution in [1.29, 1.82) is 0 Å². The summed E-state index contributed by atoms with van der Waals surface area (Å²) in [6, 6.07) is 20.8. The highest BCUT2D eigenvalue weighted by molar-refractivity contribution is 6.44. The van der Waals surface area contributed by atoms with E-state index in [1.54, 1.807) is 49.8 Å². The van der Waals surface area contributed by atoms with Gasteiger partial charge >= 0.3 is 18.1 Å². The van der Waals surface area contributed by atoms with Crippen LogP contribution in [0.15, 0.2) is 72.8 Å². The Hall–Kier alpha value is -5.73. The van der Waals surface area contributed by atoms with E-state index in [0.717, 1.165) is 36.8 Å². The molecule has 290 valence electrons. The van der Waals surface area contributed by atoms with Crippen LogP contribution < -0.4 is 15.1 Å². The highest BCUT2D eigenvalue weighted by Crippen LogP contribution is 2.42. The normalized spacial score (nSPS) is 17.4. The van der Waals surface area contributed by atoms with Gasteiger partial charge in [0.2, 0.25) is 5.91 Å². The van der Waals surface area contributed by atoms with Crippen molar-refractivity contribution in [3.05, 3.63) is 89.5 Å². The maximum atomic E-state index is 14.7. The molecule has 0 unspecified atom stereocenters. The molecule has 14 nitrogen and oxygen atoms in total. The lowest BCUT2D eigenvalue weighted by Gasteiger charge is -2.36. The number of esters is 1. The minimum Gasteiger partial charge on any atom is -0.465 e. The predicted molar refractivity (Wildman–Crippen MR) is 211 cm³/mol. The Bertz CT molecular complexity index is 1960. The minimum absolute atomic E-state index is 0.00662. The first-order valence-corrected chi connectivity index (χ1v) is 18.4. The Labute approximate surface area is 321 Å². The number of carbonyl (C=O) groups excluding carboxylic acids is 5. The van der Waals surface area contributed by atoms with Crippen LogP contribution in [0.5, 0.6) is 0 Å². The molecule has 3 aromatic rings. The standard InChI is InChI=1S/C41H49N7O7/c1-41(2,3)55-40(53)47-24-22-46(23-25-47)39(52)48-33-26-29(38(51)54-6)12-17-32(33)35(37(48)50)36(28-10-8-7-9-11-28)42-30-13-15-31(16-14-30)44(5)34(49)27-45-20-18-43(4)19-21-45/h7-17,26,42H,18-25,27H2,1-6H3/b36-35-. The molecule has 0 bridgehead atoms. The zero-order valence-electron chi connectivity index (χ0n) is 32.3. The molecule has 0 aromatic heterocycles. The van der Waals surface area contributed by atoms with E-state index in [1.165, 1.54) is 18.1 Å². The van der Waals surface area contributed by atoms with E-state index in [4.69, 9.17) is 9.47 Å². The number of hydrogen-bond donors (Lipinski definition) is 1. The second kappa shape index (κ2) is 16.3. The fraction of sp³-hybridized carbons (Fsp3) is 0.390. The molecule has 2 saturated heterocycles. The van der Waals surface area contributed by atoms with Gasteiger partial charge in [0.25, 0.3) is 5.91 Å². The smallest absolute Gasteiger partial charge is 0.410 e. The average Bonchev–Trinajstić information content (AvgIpc) is 3.47. The van der Waals surface area contributed by atoms with Crippen LogP contribution in [-0.4, -0.2) is 135 Å². The molecular weight excluding hydrogens is 702 g/mol. The van der Waals surface area contributed by atoms with Gasteiger partial charge < -0.3 is 34.4 Å². The topological polar surface area (TPSA) is 135 Å². The quantitative estimate of drug-likeness (QED) is 0.268. The number of nitrogens with one attached hydrogen (secondary N) is 1. The van der Waals surface area contributed by atoms with Crippen LogP contribution in [0.2, 0.25) is 0 Å². The molecule has 3 aliphatic heterocycles. The molecule has 1 N–H and O–H groups in total. The Morgan fingerprint density at radius 3 is 2.05 bits per heavy atom. The van der Waals surface area contributed by atoms with Gasteiger partial charge in [-0.25, -0.2) is 19.3 Å². The molecule has 0 atom stereocenters. The van der Waals surface area contributed by atoms with E-state index >= 15 is 0 Å². The van der Waals surface area contributed by atoms with Crippen molar-refractivity contribution in [2.45, 2.75) is 26.4 Å². The van der Waals surface area contributed by atoms with E-state index < -0.39 is 29.6 Å². The van der Waals surface area contributed by atoms with Gasteiger partial charge in [0.1, 0.15) is 5.60 Å². The number of piperazine rings is 2. The molecule has 0 radical (unpaired) electrons. The Balaban J connectivity index is 1.30. The van der Waals surface area contributed by atoms with Crippen LogP contribution in [-0.2, 0) is 19.1 Å². The summed E-state index contributed by atoms with van der Waals surface area (Å²) >= 11 is 0. The van der Waals surface area contributed by atoms with Crippen molar-refractivity contribution in [3.63, 3.8) is 0 Å². The molecule has 0 aliphatic carbocycles. The van der Waals surface area contributed by atoms with Crippen LogP contribution in [0, 0.1) is 0 Å². The Morgan fingerprint density at radius 2 is 1.44 bits per heavy atom. The molecule has 6 rings (SSSR count). The van der Waals surface area contributed by atoms with E-state index in [1.807, 2.05) is 54.6 Å². The van der Waals surface area contributed by atoms with Gasteiger partial charge in [-0.15, -0.1) is 0 Å². The van der Waals surface area contributed by atoms with E-state index in [-0.39, 0.29) is 48.9 Å². The lowest BCUT2D eigenvalue weighted by Crippen LogP contribution is -2.55. The van der Waals surface area contributed by atoms with Crippen LogP contribution >= 0.6 is 0 Å². The van der Waals surface area contributed by atoms with E-state index in [0.29, 0.717) is 29.1 Å². The summed E-state index contributed by atoms with van der Waals surface area (Å²) in [6.45, 7) is 10.1. The first-order valence-electron chi connectivity index (χ1n) is 18.4. The number of rotatable bonds is 7. The number of carbonyl (C=O) groups is 5. The van der Waals surface area contributed by atoms with Crippen molar-refractivity contribution >= 4 is 58.2 Å². The molecule has 5 amide bonds. The molecule has 3 aromatic carbocycles. The number of urea groups is 1. The summed E-state index contributed by atoms with van der Waals surface area (Å²) < 4.78 is 10.5. The second-order valence-electron chi connectivity index (χ2n) is 14.9. The fourth-order valence-corrected chi connectivity index (χ4v) is 6.73. The fourth-order valence-electron chi connectivity index (χ4n) is 6.73. The van der Waals surface area contributed by atoms with Crippen molar-refractivity contribution in [1.82, 2.24) is 19.6 Å². The number of fused-ring (bicyclic) bond motifs is 1. The van der Waals surface area contributed by atoms with Gasteiger partial charge in [-0.1, -0.05) is 36.4 Å². The highest BCUT2D eigenvalue weighted by atomic mass is 16.6. The molecule has 55 heavy (non-hydrogen) atoms. The summed E-state index contributed by atoms with van der Waals surface area (Å²) in [7, 11) is 5.11. The van der Waals surface area contributed by atoms with Crippen LogP contribution in [0.1, 0.15) is 42.3 Å². The number of anilines is 3.